The molecule has 0 spiro atoms. The summed E-state index contributed by atoms with van der Waals surface area (Å²) in [6.07, 6.45) is 0. The van der Waals surface area contributed by atoms with Gasteiger partial charge in [-0.25, -0.2) is 9.59 Å². The van der Waals surface area contributed by atoms with Gasteiger partial charge in [-0.3, -0.25) is 9.69 Å². The van der Waals surface area contributed by atoms with Crippen molar-refractivity contribution in [3.8, 4) is 0 Å². The predicted molar refractivity (Wildman–Crippen MR) is 76.2 cm³/mol. The van der Waals surface area contributed by atoms with Gasteiger partial charge in [-0.2, -0.15) is 0 Å². The lowest BCUT2D eigenvalue weighted by molar-refractivity contribution is -0.126. The van der Waals surface area contributed by atoms with Crippen LogP contribution in [0.15, 0.2) is 24.3 Å². The third-order valence-corrected chi connectivity index (χ3v) is 3.25. The third kappa shape index (κ3) is 3.13. The fourth-order valence-electron chi connectivity index (χ4n) is 2.17. The number of nitrogens with zero attached hydrogens (tertiary/aromatic N) is 2. The maximum atomic E-state index is 12.1. The number of carbonyl (C=O) groups excluding carboxylic acids is 3. The van der Waals surface area contributed by atoms with Gasteiger partial charge in [-0.05, 0) is 12.1 Å². The Labute approximate surface area is 122 Å². The van der Waals surface area contributed by atoms with Gasteiger partial charge in [-0.1, -0.05) is 12.1 Å². The minimum Gasteiger partial charge on any atom is -0.465 e. The molecule has 0 aromatic heterocycles. The second-order valence-corrected chi connectivity index (χ2v) is 4.64. The summed E-state index contributed by atoms with van der Waals surface area (Å²) in [6.45, 7) is 0.832. The first-order valence-corrected chi connectivity index (χ1v) is 6.51. The van der Waals surface area contributed by atoms with Crippen LogP contribution in [0.3, 0.4) is 0 Å². The summed E-state index contributed by atoms with van der Waals surface area (Å²) in [5, 5.41) is 2.58. The lowest BCUT2D eigenvalue weighted by Gasteiger charge is -2.23. The number of urea groups is 1. The van der Waals surface area contributed by atoms with Crippen molar-refractivity contribution in [1.82, 2.24) is 10.2 Å². The summed E-state index contributed by atoms with van der Waals surface area (Å²) in [5.41, 5.74) is 0.957. The monoisotopic (exact) mass is 291 g/mol. The normalized spacial score (nSPS) is 13.8. The van der Waals surface area contributed by atoms with Gasteiger partial charge in [0, 0.05) is 20.1 Å². The molecule has 1 aromatic carbocycles. The first-order valence-electron chi connectivity index (χ1n) is 6.51. The summed E-state index contributed by atoms with van der Waals surface area (Å²) in [5.74, 6) is -0.781. The maximum Gasteiger partial charge on any atom is 0.339 e. The van der Waals surface area contributed by atoms with E-state index >= 15 is 0 Å². The Bertz CT molecular complexity index is 573. The molecule has 1 fully saturated rings. The number of rotatable bonds is 4. The van der Waals surface area contributed by atoms with Crippen LogP contribution >= 0.6 is 0 Å². The van der Waals surface area contributed by atoms with Gasteiger partial charge in [0.15, 0.2) is 0 Å². The number of amides is 3. The van der Waals surface area contributed by atoms with Crippen LogP contribution in [-0.4, -0.2) is 56.6 Å². The van der Waals surface area contributed by atoms with Crippen LogP contribution in [0.4, 0.5) is 10.5 Å². The van der Waals surface area contributed by atoms with E-state index in [0.29, 0.717) is 24.3 Å². The molecule has 2 rings (SSSR count). The highest BCUT2D eigenvalue weighted by Crippen LogP contribution is 2.20. The molecule has 1 aliphatic heterocycles. The van der Waals surface area contributed by atoms with Crippen molar-refractivity contribution in [2.45, 2.75) is 0 Å². The quantitative estimate of drug-likeness (QED) is 0.815. The first-order chi connectivity index (χ1) is 10.0. The van der Waals surface area contributed by atoms with E-state index in [4.69, 9.17) is 4.74 Å². The van der Waals surface area contributed by atoms with Gasteiger partial charge in [-0.15, -0.1) is 0 Å². The summed E-state index contributed by atoms with van der Waals surface area (Å²) in [6, 6.07) is 6.47. The summed E-state index contributed by atoms with van der Waals surface area (Å²) >= 11 is 0. The van der Waals surface area contributed by atoms with Gasteiger partial charge >= 0.3 is 12.0 Å². The van der Waals surface area contributed by atoms with Crippen molar-refractivity contribution in [2.24, 2.45) is 0 Å². The number of para-hydroxylation sites is 1. The number of methoxy groups -OCH3 is 1. The smallest absolute Gasteiger partial charge is 0.339 e. The predicted octanol–water partition coefficient (Wildman–Crippen LogP) is 0.461. The zero-order valence-corrected chi connectivity index (χ0v) is 12.0. The van der Waals surface area contributed by atoms with Crippen LogP contribution in [0, 0.1) is 0 Å². The number of likely N-dealkylation sites (N-methyl/N-ethyl adjacent to an activating group) is 1. The molecule has 0 unspecified atom stereocenters. The molecule has 1 heterocycles. The van der Waals surface area contributed by atoms with Crippen LogP contribution in [0.2, 0.25) is 0 Å². The van der Waals surface area contributed by atoms with Gasteiger partial charge in [0.25, 0.3) is 0 Å². The number of imide groups is 1. The summed E-state index contributed by atoms with van der Waals surface area (Å²) in [4.78, 5) is 38.1. The molecule has 0 radical (unpaired) electrons. The van der Waals surface area contributed by atoms with E-state index in [9.17, 15) is 14.4 Å². The van der Waals surface area contributed by atoms with Gasteiger partial charge < -0.3 is 15.0 Å². The van der Waals surface area contributed by atoms with Gasteiger partial charge in [0.2, 0.25) is 5.91 Å². The van der Waals surface area contributed by atoms with Crippen molar-refractivity contribution in [3.05, 3.63) is 29.8 Å². The van der Waals surface area contributed by atoms with E-state index in [-0.39, 0.29) is 18.5 Å². The van der Waals surface area contributed by atoms with Crippen molar-refractivity contribution >= 4 is 23.6 Å². The summed E-state index contributed by atoms with van der Waals surface area (Å²) in [7, 11) is 2.99. The fraction of sp³-hybridized carbons (Fsp3) is 0.357. The molecule has 1 N–H and O–H groups in total. The number of hydrogen-bond acceptors (Lipinski definition) is 5. The Morgan fingerprint density at radius 3 is 2.71 bits per heavy atom. The second-order valence-electron chi connectivity index (χ2n) is 4.64. The Morgan fingerprint density at radius 1 is 1.38 bits per heavy atom. The average molecular weight is 291 g/mol. The van der Waals surface area contributed by atoms with Crippen LogP contribution in [0.25, 0.3) is 0 Å². The number of carbonyl (C=O) groups is 3. The Balaban J connectivity index is 2.13. The van der Waals surface area contributed by atoms with Crippen LogP contribution in [0.5, 0.6) is 0 Å². The molecular weight excluding hydrogens is 274 g/mol. The number of esters is 1. The molecule has 21 heavy (non-hydrogen) atoms. The molecule has 1 saturated heterocycles. The molecule has 112 valence electrons. The minimum absolute atomic E-state index is 0.00142. The first kappa shape index (κ1) is 14.8. The Morgan fingerprint density at radius 2 is 2.10 bits per heavy atom. The van der Waals surface area contributed by atoms with E-state index < -0.39 is 5.97 Å². The Kier molecular flexibility index (Phi) is 4.42. The van der Waals surface area contributed by atoms with Crippen LogP contribution in [-0.2, 0) is 9.53 Å². The maximum absolute atomic E-state index is 12.1. The number of ether oxygens (including phenoxy) is 1. The lowest BCUT2D eigenvalue weighted by Crippen LogP contribution is -2.41. The molecule has 0 saturated carbocycles. The number of benzene rings is 1. The second kappa shape index (κ2) is 6.25. The molecule has 7 heteroatoms. The van der Waals surface area contributed by atoms with Crippen molar-refractivity contribution in [3.63, 3.8) is 0 Å². The van der Waals surface area contributed by atoms with Crippen LogP contribution < -0.4 is 10.2 Å². The summed E-state index contributed by atoms with van der Waals surface area (Å²) < 4.78 is 4.72. The van der Waals surface area contributed by atoms with E-state index in [1.807, 2.05) is 0 Å². The number of anilines is 1. The van der Waals surface area contributed by atoms with E-state index in [1.165, 1.54) is 7.11 Å². The fourth-order valence-corrected chi connectivity index (χ4v) is 2.17. The zero-order chi connectivity index (χ0) is 15.4. The van der Waals surface area contributed by atoms with E-state index in [1.54, 1.807) is 36.2 Å². The molecule has 0 bridgehead atoms. The molecule has 0 aliphatic carbocycles. The van der Waals surface area contributed by atoms with E-state index in [0.717, 1.165) is 4.90 Å². The van der Waals surface area contributed by atoms with Crippen molar-refractivity contribution in [2.75, 3.05) is 38.7 Å². The molecule has 1 aromatic rings. The highest BCUT2D eigenvalue weighted by Gasteiger charge is 2.27. The van der Waals surface area contributed by atoms with Gasteiger partial charge in [0.05, 0.1) is 24.9 Å². The number of nitrogens with one attached hydrogen (secondary N) is 1. The van der Waals surface area contributed by atoms with Crippen LogP contribution in [0.1, 0.15) is 10.4 Å². The molecular formula is C14H17N3O4. The van der Waals surface area contributed by atoms with Crippen molar-refractivity contribution < 1.29 is 19.1 Å². The van der Waals surface area contributed by atoms with Crippen molar-refractivity contribution in [1.29, 1.82) is 0 Å². The number of hydrogen-bond donors (Lipinski definition) is 1. The molecule has 1 aliphatic rings. The zero-order valence-electron chi connectivity index (χ0n) is 12.0. The topological polar surface area (TPSA) is 79.0 Å². The SMILES string of the molecule is COC(=O)c1ccccc1N(C)CC(=O)N1CCNC1=O. The molecule has 7 nitrogen and oxygen atoms in total. The lowest BCUT2D eigenvalue weighted by atomic mass is 10.1. The highest BCUT2D eigenvalue weighted by atomic mass is 16.5. The van der Waals surface area contributed by atoms with E-state index in [2.05, 4.69) is 5.32 Å². The van der Waals surface area contributed by atoms with Gasteiger partial charge in [0.1, 0.15) is 0 Å². The highest BCUT2D eigenvalue weighted by molar-refractivity contribution is 5.99. The Hall–Kier alpha value is -2.57. The standard InChI is InChI=1S/C14H17N3O4/c1-16(9-12(18)17-8-7-15-14(17)20)11-6-4-3-5-10(11)13(19)21-2/h3-6H,7-9H2,1-2H3,(H,15,20). The average Bonchev–Trinajstić information content (AvgIpc) is 2.92. The largest absolute Gasteiger partial charge is 0.465 e. The third-order valence-electron chi connectivity index (χ3n) is 3.25. The molecule has 0 atom stereocenters. The molecule has 3 amide bonds. The minimum atomic E-state index is -0.469.